The summed E-state index contributed by atoms with van der Waals surface area (Å²) < 4.78 is 4.99. The van der Waals surface area contributed by atoms with E-state index in [1.54, 1.807) is 0 Å². The number of rotatable bonds is 2. The van der Waals surface area contributed by atoms with Gasteiger partial charge in [-0.15, -0.1) is 11.3 Å². The molecule has 2 heterocycles. The number of para-hydroxylation sites is 1. The summed E-state index contributed by atoms with van der Waals surface area (Å²) in [6, 6.07) is 34.0. The van der Waals surface area contributed by atoms with Gasteiger partial charge < -0.3 is 4.57 Å². The molecule has 0 saturated carbocycles. The van der Waals surface area contributed by atoms with Crippen LogP contribution in [-0.4, -0.2) is 4.57 Å². The fourth-order valence-corrected chi connectivity index (χ4v) is 5.64. The monoisotopic (exact) mass is 409 g/mol. The Kier molecular flexibility index (Phi) is 3.77. The Morgan fingerprint density at radius 1 is 0.655 bits per heavy atom. The number of thiophene rings is 1. The van der Waals surface area contributed by atoms with Crippen LogP contribution in [0.3, 0.4) is 0 Å². The third-order valence-electron chi connectivity index (χ3n) is 5.43. The van der Waals surface area contributed by atoms with Gasteiger partial charge in [-0.2, -0.15) is 0 Å². The summed E-state index contributed by atoms with van der Waals surface area (Å²) in [5.41, 5.74) is 5.85. The topological polar surface area (TPSA) is 4.93 Å². The first-order chi connectivity index (χ1) is 14.3. The predicted octanol–water partition coefficient (Wildman–Crippen LogP) is 8.32. The molecule has 4 aromatic carbocycles. The molecule has 0 aliphatic carbocycles. The maximum absolute atomic E-state index is 6.60. The molecule has 0 fully saturated rings. The van der Waals surface area contributed by atoms with Crippen molar-refractivity contribution in [3.05, 3.63) is 102 Å². The van der Waals surface area contributed by atoms with Crippen LogP contribution >= 0.6 is 22.9 Å². The van der Waals surface area contributed by atoms with Crippen LogP contribution < -0.4 is 0 Å². The molecule has 0 bridgehead atoms. The molecule has 2 aromatic heterocycles. The quantitative estimate of drug-likeness (QED) is 0.271. The zero-order valence-electron chi connectivity index (χ0n) is 15.5. The first-order valence-electron chi connectivity index (χ1n) is 9.57. The van der Waals surface area contributed by atoms with Crippen LogP contribution in [0.5, 0.6) is 0 Å². The molecule has 6 aromatic rings. The standard InChI is InChI=1S/C26H16ClNS/c27-19-14-18(17-8-2-1-3-9-17)15-20(16-19)28-23-12-6-4-10-21(23)26-25(28)22-11-5-7-13-24(22)29-26/h1-16H. The number of fused-ring (bicyclic) bond motifs is 5. The summed E-state index contributed by atoms with van der Waals surface area (Å²) in [5.74, 6) is 0. The average Bonchev–Trinajstić information content (AvgIpc) is 3.29. The molecule has 0 aliphatic rings. The molecular weight excluding hydrogens is 394 g/mol. The minimum Gasteiger partial charge on any atom is -0.308 e. The zero-order valence-corrected chi connectivity index (χ0v) is 17.0. The lowest BCUT2D eigenvalue weighted by Gasteiger charge is -2.11. The first-order valence-corrected chi connectivity index (χ1v) is 10.8. The second kappa shape index (κ2) is 6.48. The van der Waals surface area contributed by atoms with Gasteiger partial charge in [-0.3, -0.25) is 0 Å². The van der Waals surface area contributed by atoms with Crippen LogP contribution in [-0.2, 0) is 0 Å². The number of aromatic nitrogens is 1. The third kappa shape index (κ3) is 2.61. The summed E-state index contributed by atoms with van der Waals surface area (Å²) in [6.45, 7) is 0. The predicted molar refractivity (Wildman–Crippen MR) is 127 cm³/mol. The molecule has 0 saturated heterocycles. The highest BCUT2D eigenvalue weighted by Gasteiger charge is 2.17. The van der Waals surface area contributed by atoms with Crippen LogP contribution in [0.25, 0.3) is 48.0 Å². The summed E-state index contributed by atoms with van der Waals surface area (Å²) in [6.07, 6.45) is 0. The molecule has 0 spiro atoms. The molecule has 0 N–H and O–H groups in total. The third-order valence-corrected chi connectivity index (χ3v) is 6.84. The van der Waals surface area contributed by atoms with Gasteiger partial charge in [0.15, 0.2) is 0 Å². The molecule has 1 nitrogen and oxygen atoms in total. The van der Waals surface area contributed by atoms with Gasteiger partial charge in [-0.1, -0.05) is 78.3 Å². The smallest absolute Gasteiger partial charge is 0.0727 e. The van der Waals surface area contributed by atoms with Gasteiger partial charge in [0.2, 0.25) is 0 Å². The van der Waals surface area contributed by atoms with E-state index in [1.165, 1.54) is 36.8 Å². The van der Waals surface area contributed by atoms with E-state index >= 15 is 0 Å². The van der Waals surface area contributed by atoms with Crippen LogP contribution in [0.4, 0.5) is 0 Å². The van der Waals surface area contributed by atoms with Crippen LogP contribution in [0, 0.1) is 0 Å². The molecule has 138 valence electrons. The molecule has 6 rings (SSSR count). The minimum absolute atomic E-state index is 0.742. The van der Waals surface area contributed by atoms with Crippen LogP contribution in [0.15, 0.2) is 97.1 Å². The van der Waals surface area contributed by atoms with E-state index in [9.17, 15) is 0 Å². The van der Waals surface area contributed by atoms with Crippen molar-refractivity contribution in [1.82, 2.24) is 4.57 Å². The average molecular weight is 410 g/mol. The van der Waals surface area contributed by atoms with E-state index in [4.69, 9.17) is 11.6 Å². The summed E-state index contributed by atoms with van der Waals surface area (Å²) in [7, 11) is 0. The van der Waals surface area contributed by atoms with Crippen LogP contribution in [0.1, 0.15) is 0 Å². The second-order valence-corrected chi connectivity index (χ2v) is 8.68. The zero-order chi connectivity index (χ0) is 19.4. The molecule has 0 atom stereocenters. The van der Waals surface area contributed by atoms with Gasteiger partial charge in [0, 0.05) is 26.2 Å². The fourth-order valence-electron chi connectivity index (χ4n) is 4.19. The van der Waals surface area contributed by atoms with E-state index in [1.807, 2.05) is 23.5 Å². The Morgan fingerprint density at radius 2 is 1.38 bits per heavy atom. The number of hydrogen-bond donors (Lipinski definition) is 0. The number of nitrogens with zero attached hydrogens (tertiary/aromatic N) is 1. The van der Waals surface area contributed by atoms with Crippen molar-refractivity contribution in [2.24, 2.45) is 0 Å². The van der Waals surface area contributed by atoms with Crippen LogP contribution in [0.2, 0.25) is 5.02 Å². The van der Waals surface area contributed by atoms with E-state index in [-0.39, 0.29) is 0 Å². The van der Waals surface area contributed by atoms with Gasteiger partial charge in [-0.05, 0) is 41.5 Å². The molecule has 3 heteroatoms. The minimum atomic E-state index is 0.742. The fraction of sp³-hybridized carbons (Fsp3) is 0. The molecular formula is C26H16ClNS. The van der Waals surface area contributed by atoms with Gasteiger partial charge in [0.25, 0.3) is 0 Å². The van der Waals surface area contributed by atoms with Gasteiger partial charge in [0.05, 0.1) is 15.7 Å². The highest BCUT2D eigenvalue weighted by Crippen LogP contribution is 2.42. The van der Waals surface area contributed by atoms with E-state index in [2.05, 4.69) is 89.5 Å². The Balaban J connectivity index is 1.74. The summed E-state index contributed by atoms with van der Waals surface area (Å²) in [4.78, 5) is 0. The van der Waals surface area contributed by atoms with E-state index in [0.29, 0.717) is 0 Å². The highest BCUT2D eigenvalue weighted by molar-refractivity contribution is 7.26. The number of hydrogen-bond acceptors (Lipinski definition) is 1. The van der Waals surface area contributed by atoms with Crippen molar-refractivity contribution >= 4 is 54.1 Å². The van der Waals surface area contributed by atoms with Gasteiger partial charge in [-0.25, -0.2) is 0 Å². The maximum atomic E-state index is 6.60. The summed E-state index contributed by atoms with van der Waals surface area (Å²) in [5, 5.41) is 3.31. The van der Waals surface area contributed by atoms with E-state index < -0.39 is 0 Å². The lowest BCUT2D eigenvalue weighted by atomic mass is 10.1. The van der Waals surface area contributed by atoms with Gasteiger partial charge >= 0.3 is 0 Å². The Morgan fingerprint density at radius 3 is 2.24 bits per heavy atom. The van der Waals surface area contributed by atoms with Crippen molar-refractivity contribution < 1.29 is 0 Å². The first kappa shape index (κ1) is 16.8. The molecule has 0 aliphatic heterocycles. The second-order valence-electron chi connectivity index (χ2n) is 7.19. The normalized spacial score (nSPS) is 11.6. The molecule has 0 amide bonds. The van der Waals surface area contributed by atoms with Crippen molar-refractivity contribution in [3.8, 4) is 16.8 Å². The van der Waals surface area contributed by atoms with Crippen molar-refractivity contribution in [2.45, 2.75) is 0 Å². The number of benzene rings is 4. The van der Waals surface area contributed by atoms with Gasteiger partial charge in [0.1, 0.15) is 0 Å². The Labute approximate surface area is 177 Å². The molecule has 0 radical (unpaired) electrons. The number of halogens is 1. The van der Waals surface area contributed by atoms with Crippen molar-refractivity contribution in [1.29, 1.82) is 0 Å². The van der Waals surface area contributed by atoms with E-state index in [0.717, 1.165) is 16.3 Å². The molecule has 0 unspecified atom stereocenters. The Hall–Kier alpha value is -3.07. The largest absolute Gasteiger partial charge is 0.308 e. The molecule has 29 heavy (non-hydrogen) atoms. The van der Waals surface area contributed by atoms with Crippen molar-refractivity contribution in [2.75, 3.05) is 0 Å². The van der Waals surface area contributed by atoms with Crippen molar-refractivity contribution in [3.63, 3.8) is 0 Å². The SMILES string of the molecule is Clc1cc(-c2ccccc2)cc(-n2c3ccccc3c3sc4ccccc4c32)c1. The Bertz CT molecular complexity index is 1500. The lowest BCUT2D eigenvalue weighted by Crippen LogP contribution is -1.94. The lowest BCUT2D eigenvalue weighted by molar-refractivity contribution is 1.19. The maximum Gasteiger partial charge on any atom is 0.0727 e. The highest BCUT2D eigenvalue weighted by atomic mass is 35.5. The summed E-state index contributed by atoms with van der Waals surface area (Å²) >= 11 is 8.46.